The number of nitrogen functional groups attached to an aromatic ring is 1. The lowest BCUT2D eigenvalue weighted by molar-refractivity contribution is -0.131. The van der Waals surface area contributed by atoms with Crippen LogP contribution in [0.25, 0.3) is 0 Å². The molecule has 1 heterocycles. The molecule has 11 heteroatoms. The highest BCUT2D eigenvalue weighted by Gasteiger charge is 2.27. The van der Waals surface area contributed by atoms with Gasteiger partial charge in [0.2, 0.25) is 11.7 Å². The Bertz CT molecular complexity index is 1300. The molecule has 1 unspecified atom stereocenters. The molecule has 0 aliphatic heterocycles. The highest BCUT2D eigenvalue weighted by molar-refractivity contribution is 7.18. The van der Waals surface area contributed by atoms with Crippen LogP contribution in [0.5, 0.6) is 5.75 Å². The summed E-state index contributed by atoms with van der Waals surface area (Å²) in [5.41, 5.74) is 12.3. The number of rotatable bonds is 10. The number of nitrogens with two attached hydrogens (primary N) is 2. The minimum Gasteiger partial charge on any atom is -0.484 e. The van der Waals surface area contributed by atoms with Crippen molar-refractivity contribution in [3.63, 3.8) is 0 Å². The number of anilines is 3. The molecule has 3 aromatic rings. The number of ether oxygens (including phenoxy) is 1. The summed E-state index contributed by atoms with van der Waals surface area (Å²) < 4.78 is 18.9. The van der Waals surface area contributed by atoms with E-state index in [4.69, 9.17) is 22.6 Å². The summed E-state index contributed by atoms with van der Waals surface area (Å²) in [6.07, 6.45) is 5.19. The second-order valence-corrected chi connectivity index (χ2v) is 8.71. The molecular weight excluding hydrogens is 485 g/mol. The van der Waals surface area contributed by atoms with E-state index in [1.807, 2.05) is 0 Å². The third kappa shape index (κ3) is 5.97. The van der Waals surface area contributed by atoms with E-state index in [0.717, 1.165) is 11.3 Å². The van der Waals surface area contributed by atoms with Gasteiger partial charge in [-0.25, -0.2) is 9.37 Å². The van der Waals surface area contributed by atoms with Crippen molar-refractivity contribution < 1.29 is 23.5 Å². The van der Waals surface area contributed by atoms with Crippen LogP contribution in [-0.4, -0.2) is 53.7 Å². The number of hydrogen-bond donors (Lipinski definition) is 2. The largest absolute Gasteiger partial charge is 0.484 e. The van der Waals surface area contributed by atoms with Crippen LogP contribution in [-0.2, 0) is 9.59 Å². The standard InChI is InChI=1S/C25H24FN5O4S/c1-4-13-30(3)20(32)14-35-19-11-5-16(6-12-19)21(33)22-23(27)29-25(36-22)31(15(2)24(28)34)18-9-7-17(26)8-10-18/h1,5-12,15H,13-14,27H2,2-3H3,(H2,28,34). The molecule has 0 fully saturated rings. The molecule has 1 aromatic heterocycles. The van der Waals surface area contributed by atoms with Gasteiger partial charge in [-0.05, 0) is 55.5 Å². The maximum Gasteiger partial charge on any atom is 0.261 e. The Morgan fingerprint density at radius 1 is 1.17 bits per heavy atom. The fourth-order valence-electron chi connectivity index (χ4n) is 3.13. The van der Waals surface area contributed by atoms with Gasteiger partial charge in [-0.2, -0.15) is 0 Å². The molecule has 2 aromatic carbocycles. The van der Waals surface area contributed by atoms with Crippen molar-refractivity contribution in [2.45, 2.75) is 13.0 Å². The minimum atomic E-state index is -0.845. The average Bonchev–Trinajstić information content (AvgIpc) is 3.24. The summed E-state index contributed by atoms with van der Waals surface area (Å²) in [5.74, 6) is 0.986. The van der Waals surface area contributed by atoms with Crippen LogP contribution in [0.15, 0.2) is 48.5 Å². The van der Waals surface area contributed by atoms with Crippen molar-refractivity contribution in [3.8, 4) is 18.1 Å². The van der Waals surface area contributed by atoms with Crippen molar-refractivity contribution in [2.24, 2.45) is 5.73 Å². The number of primary amides is 1. The molecule has 0 saturated heterocycles. The fraction of sp³-hybridized carbons (Fsp3) is 0.200. The molecule has 2 amide bonds. The van der Waals surface area contributed by atoms with Gasteiger partial charge >= 0.3 is 0 Å². The normalized spacial score (nSPS) is 11.3. The number of likely N-dealkylation sites (N-methyl/N-ethyl adjacent to an activating group) is 1. The number of hydrogen-bond acceptors (Lipinski definition) is 8. The molecule has 36 heavy (non-hydrogen) atoms. The van der Waals surface area contributed by atoms with Gasteiger partial charge < -0.3 is 26.0 Å². The molecule has 3 rings (SSSR count). The monoisotopic (exact) mass is 509 g/mol. The number of nitrogens with zero attached hydrogens (tertiary/aromatic N) is 3. The van der Waals surface area contributed by atoms with Crippen molar-refractivity contribution in [1.82, 2.24) is 9.88 Å². The number of terminal acetylenes is 1. The van der Waals surface area contributed by atoms with E-state index in [9.17, 15) is 18.8 Å². The molecular formula is C25H24FN5O4S. The Morgan fingerprint density at radius 3 is 2.39 bits per heavy atom. The van der Waals surface area contributed by atoms with E-state index >= 15 is 0 Å². The number of aromatic nitrogens is 1. The van der Waals surface area contributed by atoms with Gasteiger partial charge in [0.15, 0.2) is 11.7 Å². The van der Waals surface area contributed by atoms with Crippen LogP contribution in [0, 0.1) is 18.2 Å². The lowest BCUT2D eigenvalue weighted by atomic mass is 10.1. The maximum atomic E-state index is 13.4. The molecule has 0 aliphatic carbocycles. The lowest BCUT2D eigenvalue weighted by Crippen LogP contribution is -2.39. The Kier molecular flexibility index (Phi) is 8.24. The summed E-state index contributed by atoms with van der Waals surface area (Å²) >= 11 is 0.983. The average molecular weight is 510 g/mol. The van der Waals surface area contributed by atoms with Crippen LogP contribution < -0.4 is 21.1 Å². The molecule has 4 N–H and O–H groups in total. The van der Waals surface area contributed by atoms with Crippen LogP contribution >= 0.6 is 11.3 Å². The summed E-state index contributed by atoms with van der Waals surface area (Å²) in [7, 11) is 1.57. The molecule has 0 saturated carbocycles. The molecule has 9 nitrogen and oxygen atoms in total. The van der Waals surface area contributed by atoms with E-state index in [-0.39, 0.29) is 34.9 Å². The summed E-state index contributed by atoms with van der Waals surface area (Å²) in [6, 6.07) is 10.8. The predicted octanol–water partition coefficient (Wildman–Crippen LogP) is 2.58. The first-order valence-electron chi connectivity index (χ1n) is 10.7. The van der Waals surface area contributed by atoms with Crippen LogP contribution in [0.4, 0.5) is 21.0 Å². The van der Waals surface area contributed by atoms with E-state index < -0.39 is 23.5 Å². The third-order valence-corrected chi connectivity index (χ3v) is 6.26. The second-order valence-electron chi connectivity index (χ2n) is 7.73. The zero-order valence-corrected chi connectivity index (χ0v) is 20.4. The van der Waals surface area contributed by atoms with Gasteiger partial charge in [-0.1, -0.05) is 17.3 Å². The first-order valence-corrected chi connectivity index (χ1v) is 11.5. The van der Waals surface area contributed by atoms with E-state index in [1.54, 1.807) is 26.1 Å². The first-order chi connectivity index (χ1) is 17.1. The van der Waals surface area contributed by atoms with E-state index in [2.05, 4.69) is 10.9 Å². The quantitative estimate of drug-likeness (QED) is 0.317. The van der Waals surface area contributed by atoms with Crippen LogP contribution in [0.1, 0.15) is 22.2 Å². The first kappa shape index (κ1) is 26.2. The number of carbonyl (C=O) groups excluding carboxylic acids is 3. The van der Waals surface area contributed by atoms with Crippen molar-refractivity contribution in [3.05, 3.63) is 64.8 Å². The number of ketones is 1. The SMILES string of the molecule is C#CCN(C)C(=O)COc1ccc(C(=O)c2sc(N(c3ccc(F)cc3)C(C)C(N)=O)nc2N)cc1. The lowest BCUT2D eigenvalue weighted by Gasteiger charge is -2.26. The van der Waals surface area contributed by atoms with Crippen LogP contribution in [0.2, 0.25) is 0 Å². The van der Waals surface area contributed by atoms with Gasteiger partial charge in [-0.3, -0.25) is 14.4 Å². The molecule has 0 spiro atoms. The maximum absolute atomic E-state index is 13.4. The zero-order chi connectivity index (χ0) is 26.4. The van der Waals surface area contributed by atoms with Gasteiger partial charge in [-0.15, -0.1) is 6.42 Å². The minimum absolute atomic E-state index is 0.0220. The number of carbonyl (C=O) groups is 3. The smallest absolute Gasteiger partial charge is 0.261 e. The van der Waals surface area contributed by atoms with Gasteiger partial charge in [0.05, 0.1) is 6.54 Å². The van der Waals surface area contributed by atoms with Crippen molar-refractivity contribution in [2.75, 3.05) is 30.8 Å². The number of benzene rings is 2. The molecule has 0 radical (unpaired) electrons. The van der Waals surface area contributed by atoms with Crippen molar-refractivity contribution in [1.29, 1.82) is 0 Å². The topological polar surface area (TPSA) is 132 Å². The van der Waals surface area contributed by atoms with Gasteiger partial charge in [0, 0.05) is 18.3 Å². The van der Waals surface area contributed by atoms with Crippen molar-refractivity contribution >= 4 is 45.6 Å². The molecule has 0 bridgehead atoms. The summed E-state index contributed by atoms with van der Waals surface area (Å²) in [6.45, 7) is 1.54. The number of amides is 2. The second kappa shape index (κ2) is 11.3. The third-order valence-electron chi connectivity index (χ3n) is 5.19. The molecule has 1 atom stereocenters. The Balaban J connectivity index is 1.81. The van der Waals surface area contributed by atoms with E-state index in [0.29, 0.717) is 17.0 Å². The number of thiazole rings is 1. The highest BCUT2D eigenvalue weighted by Crippen LogP contribution is 2.36. The van der Waals surface area contributed by atoms with Gasteiger partial charge in [0.25, 0.3) is 5.91 Å². The van der Waals surface area contributed by atoms with E-state index in [1.165, 1.54) is 46.2 Å². The Morgan fingerprint density at radius 2 is 1.81 bits per heavy atom. The molecule has 0 aliphatic rings. The number of halogens is 1. The summed E-state index contributed by atoms with van der Waals surface area (Å²) in [4.78, 5) is 44.3. The van der Waals surface area contributed by atoms with Gasteiger partial charge in [0.1, 0.15) is 28.3 Å². The highest BCUT2D eigenvalue weighted by atomic mass is 32.1. The Hall–Kier alpha value is -4.43. The molecule has 186 valence electrons. The fourth-order valence-corrected chi connectivity index (χ4v) is 4.18. The predicted molar refractivity (Wildman–Crippen MR) is 136 cm³/mol. The zero-order valence-electron chi connectivity index (χ0n) is 19.6. The Labute approximate surface area is 211 Å². The summed E-state index contributed by atoms with van der Waals surface area (Å²) in [5, 5.41) is 0.253. The van der Waals surface area contributed by atoms with Crippen LogP contribution in [0.3, 0.4) is 0 Å².